The zero-order valence-electron chi connectivity index (χ0n) is 12.3. The Morgan fingerprint density at radius 3 is 2.67 bits per heavy atom. The van der Waals surface area contributed by atoms with Gasteiger partial charge < -0.3 is 10.1 Å². The Hall–Kier alpha value is -1.36. The van der Waals surface area contributed by atoms with Gasteiger partial charge in [0.05, 0.1) is 17.9 Å². The van der Waals surface area contributed by atoms with Crippen molar-refractivity contribution in [2.45, 2.75) is 51.0 Å². The minimum Gasteiger partial charge on any atom is -0.469 e. The molecule has 0 radical (unpaired) electrons. The summed E-state index contributed by atoms with van der Waals surface area (Å²) in [7, 11) is 1.44. The fourth-order valence-corrected chi connectivity index (χ4v) is 4.49. The van der Waals surface area contributed by atoms with Crippen molar-refractivity contribution >= 4 is 23.2 Å². The van der Waals surface area contributed by atoms with Gasteiger partial charge >= 0.3 is 5.97 Å². The predicted molar refractivity (Wildman–Crippen MR) is 81.6 cm³/mol. The van der Waals surface area contributed by atoms with Gasteiger partial charge in [-0.1, -0.05) is 0 Å². The number of thiophene rings is 1. The van der Waals surface area contributed by atoms with Crippen LogP contribution in [0.1, 0.15) is 52.2 Å². The van der Waals surface area contributed by atoms with Crippen LogP contribution in [0.4, 0.5) is 0 Å². The van der Waals surface area contributed by atoms with Crippen molar-refractivity contribution in [1.82, 2.24) is 5.32 Å². The molecule has 0 saturated heterocycles. The smallest absolute Gasteiger partial charge is 0.308 e. The van der Waals surface area contributed by atoms with E-state index in [4.69, 9.17) is 4.74 Å². The van der Waals surface area contributed by atoms with Crippen molar-refractivity contribution < 1.29 is 14.3 Å². The fraction of sp³-hybridized carbons (Fsp3) is 0.625. The molecular weight excluding hydrogens is 286 g/mol. The van der Waals surface area contributed by atoms with Crippen LogP contribution < -0.4 is 5.32 Å². The second-order valence-electron chi connectivity index (χ2n) is 5.96. The molecule has 0 atom stereocenters. The SMILES string of the molecule is COC(=O)C1CCC(NC(=O)c2cc3c(s2)CCC3)CC1. The Morgan fingerprint density at radius 2 is 2.00 bits per heavy atom. The van der Waals surface area contributed by atoms with Crippen LogP contribution in [0, 0.1) is 5.92 Å². The molecule has 4 nitrogen and oxygen atoms in total. The van der Waals surface area contributed by atoms with Crippen LogP contribution in [0.25, 0.3) is 0 Å². The van der Waals surface area contributed by atoms with E-state index in [-0.39, 0.29) is 23.8 Å². The van der Waals surface area contributed by atoms with Crippen LogP contribution in [0.5, 0.6) is 0 Å². The number of carbonyl (C=O) groups excluding carboxylic acids is 2. The third-order valence-electron chi connectivity index (χ3n) is 4.57. The number of amides is 1. The molecule has 1 amide bonds. The van der Waals surface area contributed by atoms with Crippen LogP contribution in [0.3, 0.4) is 0 Å². The van der Waals surface area contributed by atoms with Gasteiger partial charge in [-0.3, -0.25) is 9.59 Å². The van der Waals surface area contributed by atoms with E-state index in [1.807, 2.05) is 0 Å². The van der Waals surface area contributed by atoms with Gasteiger partial charge in [-0.15, -0.1) is 11.3 Å². The molecule has 2 aliphatic carbocycles. The Kier molecular flexibility index (Phi) is 4.29. The highest BCUT2D eigenvalue weighted by Gasteiger charge is 2.28. The van der Waals surface area contributed by atoms with E-state index in [0.717, 1.165) is 43.4 Å². The van der Waals surface area contributed by atoms with Crippen molar-refractivity contribution in [1.29, 1.82) is 0 Å². The second kappa shape index (κ2) is 6.18. The van der Waals surface area contributed by atoms with Crippen molar-refractivity contribution in [3.63, 3.8) is 0 Å². The number of nitrogens with one attached hydrogen (secondary N) is 1. The molecular formula is C16H21NO3S. The van der Waals surface area contributed by atoms with E-state index in [9.17, 15) is 9.59 Å². The molecule has 3 rings (SSSR count). The Bertz CT molecular complexity index is 522. The van der Waals surface area contributed by atoms with Gasteiger partial charge in [-0.05, 0) is 56.6 Å². The number of aryl methyl sites for hydroxylation is 2. The molecule has 1 aromatic rings. The molecule has 21 heavy (non-hydrogen) atoms. The first kappa shape index (κ1) is 14.6. The van der Waals surface area contributed by atoms with E-state index in [1.165, 1.54) is 24.0 Å². The standard InChI is InChI=1S/C16H21NO3S/c1-20-16(19)10-5-7-12(8-6-10)17-15(18)14-9-11-3-2-4-13(11)21-14/h9-10,12H,2-8H2,1H3,(H,17,18). The quantitative estimate of drug-likeness (QED) is 0.874. The number of ether oxygens (including phenoxy) is 1. The highest BCUT2D eigenvalue weighted by molar-refractivity contribution is 7.14. The number of esters is 1. The van der Waals surface area contributed by atoms with Crippen LogP contribution in [-0.2, 0) is 22.4 Å². The summed E-state index contributed by atoms with van der Waals surface area (Å²) in [5.74, 6) is -0.0564. The molecule has 5 heteroatoms. The Labute approximate surface area is 128 Å². The molecule has 114 valence electrons. The van der Waals surface area contributed by atoms with Crippen LogP contribution >= 0.6 is 11.3 Å². The normalized spacial score (nSPS) is 24.4. The number of hydrogen-bond donors (Lipinski definition) is 1. The molecule has 0 bridgehead atoms. The molecule has 0 aliphatic heterocycles. The topological polar surface area (TPSA) is 55.4 Å². The van der Waals surface area contributed by atoms with Crippen molar-refractivity contribution in [3.05, 3.63) is 21.4 Å². The highest BCUT2D eigenvalue weighted by atomic mass is 32.1. The van der Waals surface area contributed by atoms with Gasteiger partial charge in [-0.2, -0.15) is 0 Å². The zero-order chi connectivity index (χ0) is 14.8. The maximum atomic E-state index is 12.3. The summed E-state index contributed by atoms with van der Waals surface area (Å²) in [6, 6.07) is 2.25. The first-order valence-electron chi connectivity index (χ1n) is 7.67. The molecule has 1 saturated carbocycles. The van der Waals surface area contributed by atoms with E-state index in [0.29, 0.717) is 0 Å². The van der Waals surface area contributed by atoms with Gasteiger partial charge in [0.2, 0.25) is 0 Å². The molecule has 1 fully saturated rings. The number of fused-ring (bicyclic) bond motifs is 1. The third-order valence-corrected chi connectivity index (χ3v) is 5.80. The van der Waals surface area contributed by atoms with Gasteiger partial charge in [0.15, 0.2) is 0 Å². The van der Waals surface area contributed by atoms with Crippen LogP contribution in [0.2, 0.25) is 0 Å². The molecule has 0 aromatic carbocycles. The fourth-order valence-electron chi connectivity index (χ4n) is 3.34. The van der Waals surface area contributed by atoms with Gasteiger partial charge in [0.25, 0.3) is 5.91 Å². The maximum absolute atomic E-state index is 12.3. The summed E-state index contributed by atoms with van der Waals surface area (Å²) in [5.41, 5.74) is 1.36. The van der Waals surface area contributed by atoms with Gasteiger partial charge in [-0.25, -0.2) is 0 Å². The first-order valence-corrected chi connectivity index (χ1v) is 8.49. The van der Waals surface area contributed by atoms with Gasteiger partial charge in [0.1, 0.15) is 0 Å². The summed E-state index contributed by atoms with van der Waals surface area (Å²) < 4.78 is 4.79. The van der Waals surface area contributed by atoms with Gasteiger partial charge in [0, 0.05) is 10.9 Å². The third kappa shape index (κ3) is 3.12. The van der Waals surface area contributed by atoms with Crippen molar-refractivity contribution in [2.75, 3.05) is 7.11 Å². The lowest BCUT2D eigenvalue weighted by molar-refractivity contribution is -0.146. The van der Waals surface area contributed by atoms with E-state index < -0.39 is 0 Å². The monoisotopic (exact) mass is 307 g/mol. The lowest BCUT2D eigenvalue weighted by Gasteiger charge is -2.27. The largest absolute Gasteiger partial charge is 0.469 e. The van der Waals surface area contributed by atoms with E-state index in [2.05, 4.69) is 11.4 Å². The minimum absolute atomic E-state index is 0.00805. The van der Waals surface area contributed by atoms with Crippen molar-refractivity contribution in [3.8, 4) is 0 Å². The molecule has 1 aromatic heterocycles. The molecule has 0 unspecified atom stereocenters. The summed E-state index contributed by atoms with van der Waals surface area (Å²) in [4.78, 5) is 26.0. The maximum Gasteiger partial charge on any atom is 0.308 e. The summed E-state index contributed by atoms with van der Waals surface area (Å²) in [5, 5.41) is 3.12. The number of hydrogen-bond acceptors (Lipinski definition) is 4. The predicted octanol–water partition coefficient (Wildman–Crippen LogP) is 2.70. The lowest BCUT2D eigenvalue weighted by Crippen LogP contribution is -2.38. The number of rotatable bonds is 3. The highest BCUT2D eigenvalue weighted by Crippen LogP contribution is 2.31. The first-order chi connectivity index (χ1) is 10.2. The van der Waals surface area contributed by atoms with Crippen molar-refractivity contribution in [2.24, 2.45) is 5.92 Å². The molecule has 0 spiro atoms. The summed E-state index contributed by atoms with van der Waals surface area (Å²) in [6.07, 6.45) is 6.78. The number of carbonyl (C=O) groups is 2. The second-order valence-corrected chi connectivity index (χ2v) is 7.09. The lowest BCUT2D eigenvalue weighted by atomic mass is 9.86. The number of methoxy groups -OCH3 is 1. The van der Waals surface area contributed by atoms with E-state index in [1.54, 1.807) is 11.3 Å². The molecule has 2 aliphatic rings. The summed E-state index contributed by atoms with van der Waals surface area (Å²) >= 11 is 1.64. The minimum atomic E-state index is -0.116. The molecule has 1 N–H and O–H groups in total. The van der Waals surface area contributed by atoms with Crippen LogP contribution in [-0.4, -0.2) is 25.0 Å². The average Bonchev–Trinajstić information content (AvgIpc) is 3.08. The molecule has 1 heterocycles. The zero-order valence-corrected chi connectivity index (χ0v) is 13.1. The Balaban J connectivity index is 1.53. The Morgan fingerprint density at radius 1 is 1.24 bits per heavy atom. The average molecular weight is 307 g/mol. The summed E-state index contributed by atoms with van der Waals surface area (Å²) in [6.45, 7) is 0. The van der Waals surface area contributed by atoms with Crippen LogP contribution in [0.15, 0.2) is 6.07 Å². The van der Waals surface area contributed by atoms with E-state index >= 15 is 0 Å².